The van der Waals surface area contributed by atoms with Crippen LogP contribution in [0, 0.1) is 5.51 Å². The largest absolute Gasteiger partial charge is 0.326 e. The average molecular weight is 163 g/mol. The Labute approximate surface area is 68.7 Å². The molecule has 1 heterocycles. The first-order chi connectivity index (χ1) is 5.40. The third-order valence-electron chi connectivity index (χ3n) is 1.58. The zero-order valence-corrected chi connectivity index (χ0v) is 6.69. The molecule has 2 nitrogen and oxygen atoms in total. The lowest BCUT2D eigenvalue weighted by molar-refractivity contribution is 1.08. The number of fused-ring (bicyclic) bond motifs is 1. The number of hydrogen-bond acceptors (Lipinski definition) is 3. The van der Waals surface area contributed by atoms with Crippen molar-refractivity contribution in [3.63, 3.8) is 0 Å². The second kappa shape index (κ2) is 2.60. The molecule has 0 bridgehead atoms. The summed E-state index contributed by atoms with van der Waals surface area (Å²) in [6, 6.07) is 6.03. The van der Waals surface area contributed by atoms with Crippen molar-refractivity contribution in [3.8, 4) is 0 Å². The molecule has 0 amide bonds. The number of nitrogens with two attached hydrogens (primary N) is 1. The van der Waals surface area contributed by atoms with E-state index in [0.717, 1.165) is 15.8 Å². The van der Waals surface area contributed by atoms with Gasteiger partial charge in [-0.15, -0.1) is 11.3 Å². The summed E-state index contributed by atoms with van der Waals surface area (Å²) in [5, 5.41) is 0. The average Bonchev–Trinajstić information content (AvgIpc) is 2.50. The Balaban J connectivity index is 2.67. The zero-order valence-electron chi connectivity index (χ0n) is 5.87. The second-order valence-electron chi connectivity index (χ2n) is 2.31. The summed E-state index contributed by atoms with van der Waals surface area (Å²) in [7, 11) is 0. The maximum absolute atomic E-state index is 5.48. The summed E-state index contributed by atoms with van der Waals surface area (Å²) in [5.41, 5.74) is 10.5. The first-order valence-corrected chi connectivity index (χ1v) is 4.17. The maximum Gasteiger partial charge on any atom is 0.153 e. The summed E-state index contributed by atoms with van der Waals surface area (Å²) in [6.07, 6.45) is 0. The standard InChI is InChI=1S/C8H7N2S/c9-4-6-1-2-7-8(3-6)11-5-10-7/h1-3H,4,9H2. The van der Waals surface area contributed by atoms with Crippen molar-refractivity contribution in [2.75, 3.05) is 0 Å². The molecule has 1 aromatic heterocycles. The van der Waals surface area contributed by atoms with Gasteiger partial charge in [0.05, 0.1) is 10.2 Å². The van der Waals surface area contributed by atoms with Crippen LogP contribution in [0.5, 0.6) is 0 Å². The van der Waals surface area contributed by atoms with Crippen molar-refractivity contribution in [3.05, 3.63) is 29.3 Å². The van der Waals surface area contributed by atoms with E-state index in [2.05, 4.69) is 16.6 Å². The van der Waals surface area contributed by atoms with Gasteiger partial charge in [-0.25, -0.2) is 4.98 Å². The third-order valence-corrected chi connectivity index (χ3v) is 2.31. The quantitative estimate of drug-likeness (QED) is 0.692. The first-order valence-electron chi connectivity index (χ1n) is 3.36. The molecule has 0 atom stereocenters. The molecule has 55 valence electrons. The summed E-state index contributed by atoms with van der Waals surface area (Å²) >= 11 is 1.53. The third kappa shape index (κ3) is 1.13. The van der Waals surface area contributed by atoms with Gasteiger partial charge in [0, 0.05) is 6.54 Å². The van der Waals surface area contributed by atoms with Gasteiger partial charge in [0.1, 0.15) is 0 Å². The van der Waals surface area contributed by atoms with E-state index in [9.17, 15) is 0 Å². The van der Waals surface area contributed by atoms with Crippen LogP contribution >= 0.6 is 11.3 Å². The van der Waals surface area contributed by atoms with E-state index < -0.39 is 0 Å². The van der Waals surface area contributed by atoms with Crippen molar-refractivity contribution in [1.29, 1.82) is 0 Å². The van der Waals surface area contributed by atoms with Crippen LogP contribution in [-0.2, 0) is 6.54 Å². The zero-order chi connectivity index (χ0) is 7.68. The Morgan fingerprint density at radius 2 is 2.45 bits per heavy atom. The molecule has 2 aromatic rings. The molecule has 2 N–H and O–H groups in total. The van der Waals surface area contributed by atoms with Crippen LogP contribution in [0.3, 0.4) is 0 Å². The normalized spacial score (nSPS) is 10.6. The van der Waals surface area contributed by atoms with E-state index in [1.165, 1.54) is 11.3 Å². The number of benzene rings is 1. The molecule has 11 heavy (non-hydrogen) atoms. The van der Waals surface area contributed by atoms with Crippen LogP contribution in [0.2, 0.25) is 0 Å². The van der Waals surface area contributed by atoms with E-state index in [1.54, 1.807) is 0 Å². The molecule has 0 unspecified atom stereocenters. The Morgan fingerprint density at radius 1 is 1.55 bits per heavy atom. The van der Waals surface area contributed by atoms with Crippen molar-refractivity contribution in [2.45, 2.75) is 6.54 Å². The van der Waals surface area contributed by atoms with Crippen LogP contribution in [0.1, 0.15) is 5.56 Å². The van der Waals surface area contributed by atoms with Crippen LogP contribution in [0.15, 0.2) is 18.2 Å². The van der Waals surface area contributed by atoms with Gasteiger partial charge in [0.25, 0.3) is 0 Å². The highest BCUT2D eigenvalue weighted by molar-refractivity contribution is 7.16. The molecule has 0 aliphatic carbocycles. The SMILES string of the molecule is NCc1ccc2n[c]sc2c1. The highest BCUT2D eigenvalue weighted by atomic mass is 32.1. The fraction of sp³-hybridized carbons (Fsp3) is 0.125. The summed E-state index contributed by atoms with van der Waals surface area (Å²) in [4.78, 5) is 4.05. The van der Waals surface area contributed by atoms with Gasteiger partial charge in [0.2, 0.25) is 0 Å². The monoisotopic (exact) mass is 163 g/mol. The lowest BCUT2D eigenvalue weighted by atomic mass is 10.2. The van der Waals surface area contributed by atoms with Gasteiger partial charge in [-0.1, -0.05) is 6.07 Å². The Kier molecular flexibility index (Phi) is 1.60. The molecule has 0 spiro atoms. The smallest absolute Gasteiger partial charge is 0.153 e. The fourth-order valence-corrected chi connectivity index (χ4v) is 1.65. The van der Waals surface area contributed by atoms with Crippen LogP contribution in [-0.4, -0.2) is 4.98 Å². The number of hydrogen-bond donors (Lipinski definition) is 1. The highest BCUT2D eigenvalue weighted by Gasteiger charge is 1.96. The number of nitrogens with zero attached hydrogens (tertiary/aromatic N) is 1. The number of aromatic nitrogens is 1. The highest BCUT2D eigenvalue weighted by Crippen LogP contribution is 2.17. The summed E-state index contributed by atoms with van der Waals surface area (Å²) in [6.45, 7) is 0.591. The molecule has 2 rings (SSSR count). The van der Waals surface area contributed by atoms with Gasteiger partial charge in [-0.2, -0.15) is 0 Å². The Morgan fingerprint density at radius 3 is 3.27 bits per heavy atom. The minimum absolute atomic E-state index is 0.591. The van der Waals surface area contributed by atoms with Crippen molar-refractivity contribution < 1.29 is 0 Å². The van der Waals surface area contributed by atoms with Crippen molar-refractivity contribution in [2.24, 2.45) is 5.73 Å². The lowest BCUT2D eigenvalue weighted by Crippen LogP contribution is -1.94. The molecule has 0 aliphatic rings. The van der Waals surface area contributed by atoms with Crippen molar-refractivity contribution >= 4 is 21.6 Å². The summed E-state index contributed by atoms with van der Waals surface area (Å²) < 4.78 is 1.16. The topological polar surface area (TPSA) is 38.9 Å². The first kappa shape index (κ1) is 6.76. The van der Waals surface area contributed by atoms with Crippen LogP contribution in [0.25, 0.3) is 10.2 Å². The second-order valence-corrected chi connectivity index (χ2v) is 3.14. The minimum Gasteiger partial charge on any atom is -0.326 e. The van der Waals surface area contributed by atoms with Gasteiger partial charge < -0.3 is 5.73 Å². The predicted molar refractivity (Wildman–Crippen MR) is 46.3 cm³/mol. The van der Waals surface area contributed by atoms with Crippen molar-refractivity contribution in [1.82, 2.24) is 4.98 Å². The van der Waals surface area contributed by atoms with E-state index in [4.69, 9.17) is 5.73 Å². The summed E-state index contributed by atoms with van der Waals surface area (Å²) in [5.74, 6) is 0. The minimum atomic E-state index is 0.591. The fourth-order valence-electron chi connectivity index (χ4n) is 0.981. The molecule has 0 aliphatic heterocycles. The maximum atomic E-state index is 5.48. The van der Waals surface area contributed by atoms with Gasteiger partial charge in [-0.05, 0) is 17.7 Å². The molecule has 0 saturated heterocycles. The molecular weight excluding hydrogens is 156 g/mol. The molecule has 3 heteroatoms. The number of thiazole rings is 1. The van der Waals surface area contributed by atoms with E-state index in [1.807, 2.05) is 12.1 Å². The molecule has 0 saturated carbocycles. The van der Waals surface area contributed by atoms with Gasteiger partial charge in [-0.3, -0.25) is 0 Å². The van der Waals surface area contributed by atoms with Gasteiger partial charge in [0.15, 0.2) is 5.51 Å². The Bertz CT molecular complexity index is 367. The van der Waals surface area contributed by atoms with E-state index in [0.29, 0.717) is 6.54 Å². The van der Waals surface area contributed by atoms with E-state index in [-0.39, 0.29) is 0 Å². The molecule has 1 radical (unpaired) electrons. The predicted octanol–water partition coefficient (Wildman–Crippen LogP) is 1.56. The van der Waals surface area contributed by atoms with E-state index >= 15 is 0 Å². The molecular formula is C8H7N2S. The van der Waals surface area contributed by atoms with Crippen LogP contribution < -0.4 is 5.73 Å². The van der Waals surface area contributed by atoms with Crippen LogP contribution in [0.4, 0.5) is 0 Å². The molecule has 1 aromatic carbocycles. The molecule has 0 fully saturated rings. The van der Waals surface area contributed by atoms with Gasteiger partial charge >= 0.3 is 0 Å². The lowest BCUT2D eigenvalue weighted by Gasteiger charge is -1.93. The Hall–Kier alpha value is -0.930. The number of rotatable bonds is 1.